The van der Waals surface area contributed by atoms with E-state index < -0.39 is 0 Å². The number of amidine groups is 1. The van der Waals surface area contributed by atoms with Crippen LogP contribution < -0.4 is 5.32 Å². The maximum Gasteiger partial charge on any atom is 0.129 e. The van der Waals surface area contributed by atoms with Crippen LogP contribution >= 0.6 is 0 Å². The van der Waals surface area contributed by atoms with E-state index in [0.717, 1.165) is 12.3 Å². The lowest BCUT2D eigenvalue weighted by atomic mass is 9.87. The van der Waals surface area contributed by atoms with E-state index in [4.69, 9.17) is 4.99 Å². The van der Waals surface area contributed by atoms with Crippen LogP contribution in [0.25, 0.3) is 0 Å². The Hall–Kier alpha value is -2.09. The van der Waals surface area contributed by atoms with E-state index in [1.165, 1.54) is 16.7 Å². The maximum atomic E-state index is 4.80. The Morgan fingerprint density at radius 1 is 1.00 bits per heavy atom. The van der Waals surface area contributed by atoms with Gasteiger partial charge < -0.3 is 5.32 Å². The van der Waals surface area contributed by atoms with Gasteiger partial charge in [0.15, 0.2) is 0 Å². The lowest BCUT2D eigenvalue weighted by Gasteiger charge is -2.34. The molecule has 3 rings (SSSR count). The minimum Gasteiger partial charge on any atom is -0.365 e. The Bertz CT molecular complexity index is 627. The Labute approximate surface area is 120 Å². The summed E-state index contributed by atoms with van der Waals surface area (Å²) >= 11 is 0. The van der Waals surface area contributed by atoms with E-state index in [2.05, 4.69) is 67.7 Å². The van der Waals surface area contributed by atoms with Crippen LogP contribution in [-0.2, 0) is 13.0 Å². The summed E-state index contributed by atoms with van der Waals surface area (Å²) in [6.45, 7) is 5.16. The molecule has 1 N–H and O–H groups in total. The van der Waals surface area contributed by atoms with Crippen molar-refractivity contribution in [2.45, 2.75) is 32.4 Å². The standard InChI is InChI=1S/C18H20N2/c1-18(2)12-15-10-6-7-11-16(15)17(20-18)19-13-14-8-4-3-5-9-14/h3-11H,12-13H2,1-2H3,(H,19,20). The predicted octanol–water partition coefficient (Wildman–Crippen LogP) is 3.56. The van der Waals surface area contributed by atoms with Crippen molar-refractivity contribution in [1.29, 1.82) is 0 Å². The quantitative estimate of drug-likeness (QED) is 0.881. The zero-order chi connectivity index (χ0) is 14.0. The summed E-state index contributed by atoms with van der Waals surface area (Å²) in [6, 6.07) is 18.9. The Kier molecular flexibility index (Phi) is 3.31. The second-order valence-corrected chi connectivity index (χ2v) is 5.99. The number of fused-ring (bicyclic) bond motifs is 1. The number of hydrogen-bond acceptors (Lipinski definition) is 1. The fourth-order valence-corrected chi connectivity index (χ4v) is 2.69. The van der Waals surface area contributed by atoms with Crippen molar-refractivity contribution in [1.82, 2.24) is 5.32 Å². The molecule has 0 radical (unpaired) electrons. The van der Waals surface area contributed by atoms with E-state index in [1.807, 2.05) is 6.07 Å². The summed E-state index contributed by atoms with van der Waals surface area (Å²) in [5.74, 6) is 1.01. The Morgan fingerprint density at radius 2 is 1.70 bits per heavy atom. The molecule has 2 heteroatoms. The van der Waals surface area contributed by atoms with Crippen molar-refractivity contribution in [3.8, 4) is 0 Å². The number of rotatable bonds is 2. The number of nitrogens with one attached hydrogen (secondary N) is 1. The van der Waals surface area contributed by atoms with Gasteiger partial charge in [-0.25, -0.2) is 0 Å². The minimum absolute atomic E-state index is 0.0594. The van der Waals surface area contributed by atoms with Crippen molar-refractivity contribution in [3.63, 3.8) is 0 Å². The molecule has 0 unspecified atom stereocenters. The molecule has 0 bridgehead atoms. The van der Waals surface area contributed by atoms with Crippen molar-refractivity contribution < 1.29 is 0 Å². The SMILES string of the molecule is CC1(C)Cc2ccccc2C(=NCc2ccccc2)N1. The first kappa shape index (κ1) is 12.9. The van der Waals surface area contributed by atoms with Gasteiger partial charge in [-0.2, -0.15) is 0 Å². The number of hydrogen-bond donors (Lipinski definition) is 1. The molecule has 1 aliphatic heterocycles. The van der Waals surface area contributed by atoms with Crippen LogP contribution in [0.5, 0.6) is 0 Å². The molecule has 0 saturated heterocycles. The molecule has 2 nitrogen and oxygen atoms in total. The highest BCUT2D eigenvalue weighted by molar-refractivity contribution is 6.01. The van der Waals surface area contributed by atoms with E-state index in [9.17, 15) is 0 Å². The molecule has 2 aromatic carbocycles. The van der Waals surface area contributed by atoms with Gasteiger partial charge in [0.1, 0.15) is 5.84 Å². The molecule has 0 spiro atoms. The molecule has 0 amide bonds. The largest absolute Gasteiger partial charge is 0.365 e. The van der Waals surface area contributed by atoms with Crippen molar-refractivity contribution in [3.05, 3.63) is 71.3 Å². The van der Waals surface area contributed by atoms with Crippen LogP contribution in [0.2, 0.25) is 0 Å². The summed E-state index contributed by atoms with van der Waals surface area (Å²) in [5, 5.41) is 3.57. The molecule has 0 aromatic heterocycles. The third-order valence-electron chi connectivity index (χ3n) is 3.62. The summed E-state index contributed by atoms with van der Waals surface area (Å²) in [5.41, 5.74) is 3.91. The van der Waals surface area contributed by atoms with Gasteiger partial charge in [0.25, 0.3) is 0 Å². The van der Waals surface area contributed by atoms with Crippen LogP contribution in [0.15, 0.2) is 59.6 Å². The van der Waals surface area contributed by atoms with Gasteiger partial charge in [-0.05, 0) is 31.4 Å². The maximum absolute atomic E-state index is 4.80. The first-order chi connectivity index (χ1) is 9.64. The van der Waals surface area contributed by atoms with Crippen molar-refractivity contribution >= 4 is 5.84 Å². The third kappa shape index (κ3) is 2.74. The lowest BCUT2D eigenvalue weighted by molar-refractivity contribution is 0.447. The summed E-state index contributed by atoms with van der Waals surface area (Å²) in [6.07, 6.45) is 1.04. The van der Waals surface area contributed by atoms with E-state index in [0.29, 0.717) is 6.54 Å². The average Bonchev–Trinajstić information content (AvgIpc) is 2.45. The second kappa shape index (κ2) is 5.12. The normalized spacial score (nSPS) is 18.4. The Morgan fingerprint density at radius 3 is 2.50 bits per heavy atom. The first-order valence-electron chi connectivity index (χ1n) is 7.09. The van der Waals surface area contributed by atoms with Crippen LogP contribution in [0, 0.1) is 0 Å². The summed E-state index contributed by atoms with van der Waals surface area (Å²) in [7, 11) is 0. The highest BCUT2D eigenvalue weighted by Gasteiger charge is 2.27. The van der Waals surface area contributed by atoms with Crippen LogP contribution in [0.3, 0.4) is 0 Å². The van der Waals surface area contributed by atoms with Gasteiger partial charge in [-0.15, -0.1) is 0 Å². The number of nitrogens with zero attached hydrogens (tertiary/aromatic N) is 1. The van der Waals surface area contributed by atoms with Crippen LogP contribution in [0.1, 0.15) is 30.5 Å². The summed E-state index contributed by atoms with van der Waals surface area (Å²) < 4.78 is 0. The minimum atomic E-state index is 0.0594. The van der Waals surface area contributed by atoms with E-state index in [1.54, 1.807) is 0 Å². The molecular weight excluding hydrogens is 244 g/mol. The molecule has 1 aliphatic rings. The van der Waals surface area contributed by atoms with Gasteiger partial charge in [-0.1, -0.05) is 54.6 Å². The van der Waals surface area contributed by atoms with Gasteiger partial charge in [-0.3, -0.25) is 4.99 Å². The van der Waals surface area contributed by atoms with Gasteiger partial charge in [0, 0.05) is 11.1 Å². The topological polar surface area (TPSA) is 24.4 Å². The predicted molar refractivity (Wildman–Crippen MR) is 84.0 cm³/mol. The van der Waals surface area contributed by atoms with Gasteiger partial charge >= 0.3 is 0 Å². The lowest BCUT2D eigenvalue weighted by Crippen LogP contribution is -2.49. The average molecular weight is 264 g/mol. The van der Waals surface area contributed by atoms with Crippen LogP contribution in [-0.4, -0.2) is 11.4 Å². The van der Waals surface area contributed by atoms with E-state index >= 15 is 0 Å². The van der Waals surface area contributed by atoms with Crippen LogP contribution in [0.4, 0.5) is 0 Å². The summed E-state index contributed by atoms with van der Waals surface area (Å²) in [4.78, 5) is 4.80. The van der Waals surface area contributed by atoms with Gasteiger partial charge in [0.05, 0.1) is 6.54 Å². The number of benzene rings is 2. The molecule has 2 aromatic rings. The van der Waals surface area contributed by atoms with Crippen molar-refractivity contribution in [2.24, 2.45) is 4.99 Å². The molecule has 1 heterocycles. The molecular formula is C18H20N2. The molecule has 0 aliphatic carbocycles. The molecule has 0 saturated carbocycles. The second-order valence-electron chi connectivity index (χ2n) is 5.99. The molecule has 102 valence electrons. The highest BCUT2D eigenvalue weighted by Crippen LogP contribution is 2.23. The third-order valence-corrected chi connectivity index (χ3v) is 3.62. The highest BCUT2D eigenvalue weighted by atomic mass is 15.1. The molecule has 0 fully saturated rings. The fraction of sp³-hybridized carbons (Fsp3) is 0.278. The number of aliphatic imine (C=N–C) groups is 1. The zero-order valence-electron chi connectivity index (χ0n) is 12.1. The first-order valence-corrected chi connectivity index (χ1v) is 7.09. The smallest absolute Gasteiger partial charge is 0.129 e. The molecule has 20 heavy (non-hydrogen) atoms. The monoisotopic (exact) mass is 264 g/mol. The van der Waals surface area contributed by atoms with Crippen molar-refractivity contribution in [2.75, 3.05) is 0 Å². The zero-order valence-corrected chi connectivity index (χ0v) is 12.1. The van der Waals surface area contributed by atoms with Gasteiger partial charge in [0.2, 0.25) is 0 Å². The van der Waals surface area contributed by atoms with E-state index in [-0.39, 0.29) is 5.54 Å². The Balaban J connectivity index is 1.92. The molecule has 0 atom stereocenters. The fourth-order valence-electron chi connectivity index (χ4n) is 2.69.